The van der Waals surface area contributed by atoms with Crippen LogP contribution in [0, 0.1) is 0 Å². The zero-order valence-electron chi connectivity index (χ0n) is 12.7. The van der Waals surface area contributed by atoms with Crippen molar-refractivity contribution >= 4 is 11.0 Å². The number of benzene rings is 2. The van der Waals surface area contributed by atoms with E-state index < -0.39 is 6.30 Å². The number of hydrogen-bond donors (Lipinski definition) is 2. The van der Waals surface area contributed by atoms with Gasteiger partial charge in [-0.15, -0.1) is 0 Å². The summed E-state index contributed by atoms with van der Waals surface area (Å²) < 4.78 is 13.8. The normalized spacial score (nSPS) is 22.5. The van der Waals surface area contributed by atoms with E-state index in [4.69, 9.17) is 4.98 Å². The number of imidazole rings is 1. The van der Waals surface area contributed by atoms with Gasteiger partial charge >= 0.3 is 0 Å². The van der Waals surface area contributed by atoms with Gasteiger partial charge < -0.3 is 4.98 Å². The summed E-state index contributed by atoms with van der Waals surface area (Å²) in [4.78, 5) is 10.2. The summed E-state index contributed by atoms with van der Waals surface area (Å²) in [7, 11) is 0. The molecule has 0 aliphatic carbocycles. The molecule has 0 amide bonds. The van der Waals surface area contributed by atoms with Crippen molar-refractivity contribution in [2.24, 2.45) is 0 Å². The third kappa shape index (κ3) is 2.98. The maximum absolute atomic E-state index is 13.8. The van der Waals surface area contributed by atoms with Crippen molar-refractivity contribution in [3.63, 3.8) is 0 Å². The molecule has 1 fully saturated rings. The van der Waals surface area contributed by atoms with Gasteiger partial charge in [0.2, 0.25) is 0 Å². The van der Waals surface area contributed by atoms with Gasteiger partial charge in [0.05, 0.1) is 17.1 Å². The van der Waals surface area contributed by atoms with Gasteiger partial charge in [0.25, 0.3) is 0 Å². The Kier molecular flexibility index (Phi) is 3.81. The largest absolute Gasteiger partial charge is 0.341 e. The van der Waals surface area contributed by atoms with Crippen LogP contribution in [-0.4, -0.2) is 34.3 Å². The Morgan fingerprint density at radius 3 is 2.70 bits per heavy atom. The Hall–Kier alpha value is -2.24. The van der Waals surface area contributed by atoms with Crippen molar-refractivity contribution < 1.29 is 4.39 Å². The van der Waals surface area contributed by atoms with Crippen molar-refractivity contribution in [3.05, 3.63) is 66.0 Å². The first kappa shape index (κ1) is 14.4. The van der Waals surface area contributed by atoms with Gasteiger partial charge in [0.15, 0.2) is 6.30 Å². The van der Waals surface area contributed by atoms with Gasteiger partial charge in [-0.1, -0.05) is 42.5 Å². The molecule has 0 saturated carbocycles. The third-order valence-corrected chi connectivity index (χ3v) is 4.32. The molecular weight excluding hydrogens is 291 g/mol. The lowest BCUT2D eigenvalue weighted by molar-refractivity contribution is 0.0660. The van der Waals surface area contributed by atoms with Crippen LogP contribution in [0.2, 0.25) is 0 Å². The molecule has 2 aromatic carbocycles. The second-order valence-electron chi connectivity index (χ2n) is 5.95. The highest BCUT2D eigenvalue weighted by molar-refractivity contribution is 5.74. The van der Waals surface area contributed by atoms with E-state index in [1.165, 1.54) is 5.56 Å². The summed E-state index contributed by atoms with van der Waals surface area (Å²) in [6.45, 7) is 1.62. The zero-order chi connectivity index (χ0) is 15.6. The molecule has 3 aromatic rings. The number of halogens is 1. The van der Waals surface area contributed by atoms with Crippen LogP contribution in [0.4, 0.5) is 4.39 Å². The molecule has 4 nitrogen and oxygen atoms in total. The van der Waals surface area contributed by atoms with E-state index in [0.717, 1.165) is 16.9 Å². The molecule has 5 heteroatoms. The average molecular weight is 310 g/mol. The first-order valence-electron chi connectivity index (χ1n) is 7.90. The molecule has 1 aliphatic heterocycles. The van der Waals surface area contributed by atoms with Crippen LogP contribution in [0.15, 0.2) is 54.6 Å². The highest BCUT2D eigenvalue weighted by Gasteiger charge is 2.30. The van der Waals surface area contributed by atoms with Gasteiger partial charge in [-0.25, -0.2) is 9.37 Å². The van der Waals surface area contributed by atoms with E-state index in [2.05, 4.69) is 27.3 Å². The molecule has 23 heavy (non-hydrogen) atoms. The highest BCUT2D eigenvalue weighted by atomic mass is 19.1. The molecule has 2 heterocycles. The summed E-state index contributed by atoms with van der Waals surface area (Å²) in [6, 6.07) is 18.2. The number of rotatable bonds is 3. The lowest BCUT2D eigenvalue weighted by Gasteiger charge is -2.36. The maximum atomic E-state index is 13.8. The van der Waals surface area contributed by atoms with Crippen molar-refractivity contribution in [2.45, 2.75) is 18.9 Å². The van der Waals surface area contributed by atoms with Crippen LogP contribution in [-0.2, 0) is 6.54 Å². The SMILES string of the molecule is FC1CN(Cc2ccccc2)C(c2nc3ccccc3[nH]2)CN1. The molecule has 0 radical (unpaired) electrons. The van der Waals surface area contributed by atoms with E-state index in [-0.39, 0.29) is 6.04 Å². The lowest BCUT2D eigenvalue weighted by atomic mass is 10.1. The summed E-state index contributed by atoms with van der Waals surface area (Å²) in [5.41, 5.74) is 3.15. The van der Waals surface area contributed by atoms with Crippen LogP contribution >= 0.6 is 0 Å². The van der Waals surface area contributed by atoms with Crippen molar-refractivity contribution in [2.75, 3.05) is 13.1 Å². The number of H-pyrrole nitrogens is 1. The Morgan fingerprint density at radius 2 is 1.87 bits per heavy atom. The van der Waals surface area contributed by atoms with Crippen molar-refractivity contribution in [1.29, 1.82) is 0 Å². The van der Waals surface area contributed by atoms with E-state index in [0.29, 0.717) is 19.6 Å². The van der Waals surface area contributed by atoms with Crippen molar-refractivity contribution in [1.82, 2.24) is 20.2 Å². The summed E-state index contributed by atoms with van der Waals surface area (Å²) in [6.07, 6.45) is -1.00. The number of nitrogens with zero attached hydrogens (tertiary/aromatic N) is 2. The topological polar surface area (TPSA) is 44.0 Å². The number of aromatic amines is 1. The minimum absolute atomic E-state index is 0.0367. The van der Waals surface area contributed by atoms with Gasteiger partial charge in [-0.3, -0.25) is 10.2 Å². The number of fused-ring (bicyclic) bond motifs is 1. The fourth-order valence-electron chi connectivity index (χ4n) is 3.16. The average Bonchev–Trinajstić information content (AvgIpc) is 2.99. The Bertz CT molecular complexity index is 753. The summed E-state index contributed by atoms with van der Waals surface area (Å²) in [5, 5.41) is 2.92. The number of piperazine rings is 1. The van der Waals surface area contributed by atoms with Crippen LogP contribution < -0.4 is 5.32 Å². The maximum Gasteiger partial charge on any atom is 0.164 e. The number of para-hydroxylation sites is 2. The molecule has 0 spiro atoms. The highest BCUT2D eigenvalue weighted by Crippen LogP contribution is 2.25. The molecule has 118 valence electrons. The number of nitrogens with one attached hydrogen (secondary N) is 2. The standard InChI is InChI=1S/C18H19FN4/c19-17-12-23(11-13-6-2-1-3-7-13)16(10-20-17)18-21-14-8-4-5-9-15(14)22-18/h1-9,16-17,20H,10-12H2,(H,21,22). The fraction of sp³-hybridized carbons (Fsp3) is 0.278. The second kappa shape index (κ2) is 6.10. The van der Waals surface area contributed by atoms with Crippen LogP contribution in [0.5, 0.6) is 0 Å². The van der Waals surface area contributed by atoms with Gasteiger partial charge in [0, 0.05) is 19.6 Å². The van der Waals surface area contributed by atoms with Gasteiger partial charge in [-0.05, 0) is 17.7 Å². The van der Waals surface area contributed by atoms with E-state index >= 15 is 0 Å². The molecule has 1 aliphatic rings. The van der Waals surface area contributed by atoms with Gasteiger partial charge in [-0.2, -0.15) is 0 Å². The minimum atomic E-state index is -1.00. The third-order valence-electron chi connectivity index (χ3n) is 4.32. The number of alkyl halides is 1. The van der Waals surface area contributed by atoms with Crippen LogP contribution in [0.25, 0.3) is 11.0 Å². The molecule has 2 atom stereocenters. The number of hydrogen-bond acceptors (Lipinski definition) is 3. The molecule has 4 rings (SSSR count). The molecular formula is C18H19FN4. The Labute approximate surface area is 134 Å². The predicted molar refractivity (Wildman–Crippen MR) is 88.6 cm³/mol. The van der Waals surface area contributed by atoms with Crippen LogP contribution in [0.3, 0.4) is 0 Å². The zero-order valence-corrected chi connectivity index (χ0v) is 12.7. The number of aromatic nitrogens is 2. The first-order valence-corrected chi connectivity index (χ1v) is 7.90. The Morgan fingerprint density at radius 1 is 1.09 bits per heavy atom. The van der Waals surface area contributed by atoms with Crippen molar-refractivity contribution in [3.8, 4) is 0 Å². The Balaban J connectivity index is 1.63. The molecule has 1 saturated heterocycles. The molecule has 0 bridgehead atoms. The molecule has 2 N–H and O–H groups in total. The first-order chi connectivity index (χ1) is 11.3. The van der Waals surface area contributed by atoms with Gasteiger partial charge in [0.1, 0.15) is 5.82 Å². The molecule has 2 unspecified atom stereocenters. The lowest BCUT2D eigenvalue weighted by Crippen LogP contribution is -2.50. The second-order valence-corrected chi connectivity index (χ2v) is 5.95. The summed E-state index contributed by atoms with van der Waals surface area (Å²) in [5.74, 6) is 0.890. The van der Waals surface area contributed by atoms with E-state index in [1.807, 2.05) is 42.5 Å². The van der Waals surface area contributed by atoms with E-state index in [1.54, 1.807) is 0 Å². The fourth-order valence-corrected chi connectivity index (χ4v) is 3.16. The minimum Gasteiger partial charge on any atom is -0.341 e. The van der Waals surface area contributed by atoms with Crippen LogP contribution in [0.1, 0.15) is 17.4 Å². The smallest absolute Gasteiger partial charge is 0.164 e. The predicted octanol–water partition coefficient (Wildman–Crippen LogP) is 3.01. The monoisotopic (exact) mass is 310 g/mol. The quantitative estimate of drug-likeness (QED) is 0.731. The van der Waals surface area contributed by atoms with E-state index in [9.17, 15) is 4.39 Å². The molecule has 1 aromatic heterocycles. The summed E-state index contributed by atoms with van der Waals surface area (Å²) >= 11 is 0.